The van der Waals surface area contributed by atoms with Crippen LogP contribution in [0.3, 0.4) is 0 Å². The Kier molecular flexibility index (Phi) is 5.58. The van der Waals surface area contributed by atoms with Crippen LogP contribution in [0.5, 0.6) is 5.75 Å². The average Bonchev–Trinajstić information content (AvgIpc) is 2.60. The SMILES string of the molecule is C/C=C(\C)[C@H](NS(=O)(=O)c1ccccc1)c1ccc(OC)cc1. The van der Waals surface area contributed by atoms with Crippen molar-refractivity contribution in [2.75, 3.05) is 7.11 Å². The molecule has 2 rings (SSSR count). The third-order valence-corrected chi connectivity index (χ3v) is 5.13. The summed E-state index contributed by atoms with van der Waals surface area (Å²) in [6, 6.07) is 15.3. The molecule has 2 aromatic carbocycles. The zero-order valence-corrected chi connectivity index (χ0v) is 14.3. The van der Waals surface area contributed by atoms with Gasteiger partial charge in [-0.3, -0.25) is 0 Å². The number of allylic oxidation sites excluding steroid dienone is 1. The topological polar surface area (TPSA) is 55.4 Å². The first kappa shape index (κ1) is 17.2. The van der Waals surface area contributed by atoms with Crippen LogP contribution in [0.2, 0.25) is 0 Å². The molecule has 0 heterocycles. The predicted molar refractivity (Wildman–Crippen MR) is 91.9 cm³/mol. The molecule has 0 saturated carbocycles. The molecule has 0 radical (unpaired) electrons. The minimum Gasteiger partial charge on any atom is -0.497 e. The van der Waals surface area contributed by atoms with Gasteiger partial charge < -0.3 is 4.74 Å². The molecule has 1 N–H and O–H groups in total. The molecule has 0 fully saturated rings. The molecule has 0 spiro atoms. The number of sulfonamides is 1. The number of methoxy groups -OCH3 is 1. The lowest BCUT2D eigenvalue weighted by Crippen LogP contribution is -2.29. The average molecular weight is 331 g/mol. The van der Waals surface area contributed by atoms with Gasteiger partial charge >= 0.3 is 0 Å². The number of hydrogen-bond donors (Lipinski definition) is 1. The smallest absolute Gasteiger partial charge is 0.241 e. The second-order valence-electron chi connectivity index (χ2n) is 5.17. The molecule has 0 aliphatic rings. The van der Waals surface area contributed by atoms with E-state index >= 15 is 0 Å². The van der Waals surface area contributed by atoms with Crippen LogP contribution in [0.4, 0.5) is 0 Å². The second-order valence-corrected chi connectivity index (χ2v) is 6.89. The molecule has 23 heavy (non-hydrogen) atoms. The summed E-state index contributed by atoms with van der Waals surface area (Å²) in [6.07, 6.45) is 1.91. The molecule has 0 aromatic heterocycles. The predicted octanol–water partition coefficient (Wildman–Crippen LogP) is 3.68. The van der Waals surface area contributed by atoms with Gasteiger partial charge in [-0.15, -0.1) is 0 Å². The number of hydrogen-bond acceptors (Lipinski definition) is 3. The van der Waals surface area contributed by atoms with Gasteiger partial charge in [-0.25, -0.2) is 8.42 Å². The van der Waals surface area contributed by atoms with E-state index in [4.69, 9.17) is 4.74 Å². The fourth-order valence-corrected chi connectivity index (χ4v) is 3.49. The molecule has 1 atom stereocenters. The molecule has 122 valence electrons. The van der Waals surface area contributed by atoms with E-state index in [2.05, 4.69) is 4.72 Å². The number of rotatable bonds is 6. The Bertz CT molecular complexity index is 766. The van der Waals surface area contributed by atoms with E-state index in [1.165, 1.54) is 0 Å². The Morgan fingerprint density at radius 1 is 1.09 bits per heavy atom. The van der Waals surface area contributed by atoms with Gasteiger partial charge in [0.2, 0.25) is 10.0 Å². The maximum Gasteiger partial charge on any atom is 0.241 e. The van der Waals surface area contributed by atoms with Crippen LogP contribution >= 0.6 is 0 Å². The molecule has 5 heteroatoms. The molecule has 4 nitrogen and oxygen atoms in total. The Morgan fingerprint density at radius 2 is 1.70 bits per heavy atom. The van der Waals surface area contributed by atoms with Crippen molar-refractivity contribution in [3.05, 3.63) is 71.8 Å². The van der Waals surface area contributed by atoms with E-state index in [0.717, 1.165) is 16.9 Å². The summed E-state index contributed by atoms with van der Waals surface area (Å²) < 4.78 is 33.1. The zero-order chi connectivity index (χ0) is 16.9. The molecule has 0 amide bonds. The summed E-state index contributed by atoms with van der Waals surface area (Å²) in [7, 11) is -2.00. The van der Waals surface area contributed by atoms with Crippen LogP contribution in [-0.2, 0) is 10.0 Å². The van der Waals surface area contributed by atoms with Gasteiger partial charge in [-0.2, -0.15) is 4.72 Å². The van der Waals surface area contributed by atoms with Crippen molar-refractivity contribution >= 4 is 10.0 Å². The highest BCUT2D eigenvalue weighted by molar-refractivity contribution is 7.89. The van der Waals surface area contributed by atoms with E-state index in [0.29, 0.717) is 0 Å². The third kappa shape index (κ3) is 4.21. The highest BCUT2D eigenvalue weighted by Gasteiger charge is 2.22. The number of ether oxygens (including phenoxy) is 1. The van der Waals surface area contributed by atoms with E-state index < -0.39 is 16.1 Å². The first-order valence-corrected chi connectivity index (χ1v) is 8.80. The Balaban J connectivity index is 2.36. The fraction of sp³-hybridized carbons (Fsp3) is 0.222. The summed E-state index contributed by atoms with van der Waals surface area (Å²) in [6.45, 7) is 3.80. The van der Waals surface area contributed by atoms with Gasteiger partial charge in [0.25, 0.3) is 0 Å². The lowest BCUT2D eigenvalue weighted by atomic mass is 10.0. The van der Waals surface area contributed by atoms with Crippen LogP contribution < -0.4 is 9.46 Å². The Hall–Kier alpha value is -2.11. The minimum atomic E-state index is -3.60. The quantitative estimate of drug-likeness (QED) is 0.822. The standard InChI is InChI=1S/C18H21NO3S/c1-4-14(2)18(15-10-12-16(22-3)13-11-15)19-23(20,21)17-8-6-5-7-9-17/h4-13,18-19H,1-3H3/b14-4+/t18-/m0/s1. The summed E-state index contributed by atoms with van der Waals surface area (Å²) in [5, 5.41) is 0. The van der Waals surface area contributed by atoms with Crippen molar-refractivity contribution in [1.82, 2.24) is 4.72 Å². The monoisotopic (exact) mass is 331 g/mol. The molecule has 0 saturated heterocycles. The van der Waals surface area contributed by atoms with Crippen molar-refractivity contribution < 1.29 is 13.2 Å². The van der Waals surface area contributed by atoms with Gasteiger partial charge in [0.1, 0.15) is 5.75 Å². The molecule has 0 aliphatic carbocycles. The van der Waals surface area contributed by atoms with Crippen LogP contribution in [0.25, 0.3) is 0 Å². The number of benzene rings is 2. The lowest BCUT2D eigenvalue weighted by molar-refractivity contribution is 0.414. The van der Waals surface area contributed by atoms with Crippen molar-refractivity contribution in [1.29, 1.82) is 0 Å². The molecular formula is C18H21NO3S. The van der Waals surface area contributed by atoms with Gasteiger partial charge in [0.15, 0.2) is 0 Å². The van der Waals surface area contributed by atoms with Crippen LogP contribution in [0.15, 0.2) is 71.1 Å². The maximum atomic E-state index is 12.6. The third-order valence-electron chi connectivity index (χ3n) is 3.69. The number of nitrogens with one attached hydrogen (secondary N) is 1. The van der Waals surface area contributed by atoms with E-state index in [-0.39, 0.29) is 4.90 Å². The molecule has 0 unspecified atom stereocenters. The zero-order valence-electron chi connectivity index (χ0n) is 13.5. The summed E-state index contributed by atoms with van der Waals surface area (Å²) >= 11 is 0. The van der Waals surface area contributed by atoms with Crippen LogP contribution in [0.1, 0.15) is 25.5 Å². The van der Waals surface area contributed by atoms with E-state index in [1.54, 1.807) is 37.4 Å². The van der Waals surface area contributed by atoms with Gasteiger partial charge in [0, 0.05) is 0 Å². The first-order valence-electron chi connectivity index (χ1n) is 7.32. The molecule has 0 bridgehead atoms. The van der Waals surface area contributed by atoms with Crippen molar-refractivity contribution in [3.8, 4) is 5.75 Å². The highest BCUT2D eigenvalue weighted by Crippen LogP contribution is 2.25. The van der Waals surface area contributed by atoms with Crippen LogP contribution in [-0.4, -0.2) is 15.5 Å². The maximum absolute atomic E-state index is 12.6. The summed E-state index contributed by atoms with van der Waals surface area (Å²) in [5.41, 5.74) is 1.79. The minimum absolute atomic E-state index is 0.252. The van der Waals surface area contributed by atoms with Crippen molar-refractivity contribution in [3.63, 3.8) is 0 Å². The Labute approximate surface area is 137 Å². The molecule has 2 aromatic rings. The van der Waals surface area contributed by atoms with Crippen molar-refractivity contribution in [2.45, 2.75) is 24.8 Å². The van der Waals surface area contributed by atoms with E-state index in [9.17, 15) is 8.42 Å². The normalized spacial score (nSPS) is 13.6. The first-order chi connectivity index (χ1) is 11.0. The van der Waals surface area contributed by atoms with Gasteiger partial charge in [-0.05, 0) is 43.7 Å². The highest BCUT2D eigenvalue weighted by atomic mass is 32.2. The summed E-state index contributed by atoms with van der Waals surface area (Å²) in [5.74, 6) is 0.733. The van der Waals surface area contributed by atoms with Crippen molar-refractivity contribution in [2.24, 2.45) is 0 Å². The largest absolute Gasteiger partial charge is 0.497 e. The van der Waals surface area contributed by atoms with Crippen LogP contribution in [0, 0.1) is 0 Å². The lowest BCUT2D eigenvalue weighted by Gasteiger charge is -2.20. The molecular weight excluding hydrogens is 310 g/mol. The van der Waals surface area contributed by atoms with Gasteiger partial charge in [-0.1, -0.05) is 42.0 Å². The Morgan fingerprint density at radius 3 is 2.22 bits per heavy atom. The second kappa shape index (κ2) is 7.44. The van der Waals surface area contributed by atoms with Gasteiger partial charge in [0.05, 0.1) is 18.0 Å². The summed E-state index contributed by atoms with van der Waals surface area (Å²) in [4.78, 5) is 0.252. The van der Waals surface area contributed by atoms with E-state index in [1.807, 2.05) is 44.2 Å². The molecule has 0 aliphatic heterocycles. The fourth-order valence-electron chi connectivity index (χ4n) is 2.21.